The Morgan fingerprint density at radius 3 is 2.64 bits per heavy atom. The molecule has 2 rings (SSSR count). The highest BCUT2D eigenvalue weighted by Crippen LogP contribution is 2.30. The van der Waals surface area contributed by atoms with Crippen LogP contribution in [0.2, 0.25) is 0 Å². The van der Waals surface area contributed by atoms with Crippen LogP contribution >= 0.6 is 22.7 Å². The van der Waals surface area contributed by atoms with Crippen LogP contribution < -0.4 is 0 Å². The van der Waals surface area contributed by atoms with Crippen LogP contribution in [0.1, 0.15) is 24.3 Å². The summed E-state index contributed by atoms with van der Waals surface area (Å²) < 4.78 is 0. The molecule has 0 amide bonds. The van der Waals surface area contributed by atoms with Gasteiger partial charge in [-0.1, -0.05) is 0 Å². The Morgan fingerprint density at radius 2 is 2.14 bits per heavy atom. The van der Waals surface area contributed by atoms with Crippen LogP contribution in [0, 0.1) is 6.92 Å². The molecule has 1 unspecified atom stereocenters. The molecule has 0 aliphatic heterocycles. The third-order valence-electron chi connectivity index (χ3n) is 2.04. The van der Waals surface area contributed by atoms with Crippen molar-refractivity contribution in [1.82, 2.24) is 4.98 Å². The molecule has 2 aromatic heterocycles. The van der Waals surface area contributed by atoms with E-state index in [4.69, 9.17) is 0 Å². The molecule has 0 spiro atoms. The van der Waals surface area contributed by atoms with Gasteiger partial charge in [0.2, 0.25) is 0 Å². The third kappa shape index (κ3) is 1.73. The van der Waals surface area contributed by atoms with Gasteiger partial charge in [-0.2, -0.15) is 11.3 Å². The van der Waals surface area contributed by atoms with Crippen LogP contribution in [0.15, 0.2) is 16.1 Å². The molecule has 0 bridgehead atoms. The standard InChI is InChI=1S/C10H11NOS2/c1-6-3-13-4-8(6)10-11-9(5-14-10)7(2)12/h3-5,7,12H,1-2H3. The van der Waals surface area contributed by atoms with Crippen molar-refractivity contribution in [2.24, 2.45) is 0 Å². The second kappa shape index (κ2) is 3.81. The first kappa shape index (κ1) is 9.83. The Morgan fingerprint density at radius 1 is 1.36 bits per heavy atom. The summed E-state index contributed by atoms with van der Waals surface area (Å²) >= 11 is 3.27. The zero-order valence-electron chi connectivity index (χ0n) is 8.02. The van der Waals surface area contributed by atoms with Gasteiger partial charge in [-0.05, 0) is 24.8 Å². The summed E-state index contributed by atoms with van der Waals surface area (Å²) in [7, 11) is 0. The number of aliphatic hydroxyl groups is 1. The summed E-state index contributed by atoms with van der Waals surface area (Å²) in [6.45, 7) is 3.81. The van der Waals surface area contributed by atoms with Gasteiger partial charge in [-0.25, -0.2) is 4.98 Å². The first-order valence-corrected chi connectivity index (χ1v) is 6.17. The van der Waals surface area contributed by atoms with E-state index in [-0.39, 0.29) is 0 Å². The van der Waals surface area contributed by atoms with Crippen molar-refractivity contribution in [2.75, 3.05) is 0 Å². The minimum absolute atomic E-state index is 0.473. The fourth-order valence-corrected chi connectivity index (χ4v) is 3.08. The Bertz CT molecular complexity index is 431. The lowest BCUT2D eigenvalue weighted by molar-refractivity contribution is 0.195. The number of thiazole rings is 1. The molecule has 1 N–H and O–H groups in total. The number of hydrogen-bond donors (Lipinski definition) is 1. The van der Waals surface area contributed by atoms with E-state index in [1.807, 2.05) is 5.38 Å². The van der Waals surface area contributed by atoms with Crippen molar-refractivity contribution in [3.63, 3.8) is 0 Å². The molecule has 0 aliphatic carbocycles. The van der Waals surface area contributed by atoms with Crippen LogP contribution in [0.5, 0.6) is 0 Å². The molecular formula is C10H11NOS2. The van der Waals surface area contributed by atoms with Crippen molar-refractivity contribution < 1.29 is 5.11 Å². The van der Waals surface area contributed by atoms with E-state index in [1.54, 1.807) is 29.6 Å². The van der Waals surface area contributed by atoms with Gasteiger partial charge in [-0.3, -0.25) is 0 Å². The smallest absolute Gasteiger partial charge is 0.124 e. The van der Waals surface area contributed by atoms with Crippen molar-refractivity contribution >= 4 is 22.7 Å². The van der Waals surface area contributed by atoms with Gasteiger partial charge in [0.25, 0.3) is 0 Å². The number of aromatic nitrogens is 1. The van der Waals surface area contributed by atoms with E-state index in [9.17, 15) is 5.11 Å². The fourth-order valence-electron chi connectivity index (χ4n) is 1.18. The molecule has 0 fully saturated rings. The maximum atomic E-state index is 9.35. The second-order valence-electron chi connectivity index (χ2n) is 3.22. The van der Waals surface area contributed by atoms with Crippen molar-refractivity contribution in [2.45, 2.75) is 20.0 Å². The van der Waals surface area contributed by atoms with Crippen molar-refractivity contribution in [3.05, 3.63) is 27.4 Å². The minimum Gasteiger partial charge on any atom is -0.387 e. The van der Waals surface area contributed by atoms with Gasteiger partial charge in [-0.15, -0.1) is 11.3 Å². The molecule has 74 valence electrons. The number of aryl methyl sites for hydroxylation is 1. The Hall–Kier alpha value is -0.710. The Kier molecular flexibility index (Phi) is 2.67. The first-order chi connectivity index (χ1) is 6.68. The van der Waals surface area contributed by atoms with Crippen LogP contribution in [0.3, 0.4) is 0 Å². The van der Waals surface area contributed by atoms with Crippen LogP contribution in [-0.2, 0) is 0 Å². The maximum Gasteiger partial charge on any atom is 0.124 e. The lowest BCUT2D eigenvalue weighted by atomic mass is 10.2. The monoisotopic (exact) mass is 225 g/mol. The summed E-state index contributed by atoms with van der Waals surface area (Å²) in [5.74, 6) is 0. The van der Waals surface area contributed by atoms with Gasteiger partial charge in [0.05, 0.1) is 11.8 Å². The predicted octanol–water partition coefficient (Wildman–Crippen LogP) is 3.23. The number of rotatable bonds is 2. The number of thiophene rings is 1. The zero-order chi connectivity index (χ0) is 10.1. The quantitative estimate of drug-likeness (QED) is 0.851. The molecule has 2 heterocycles. The molecule has 4 heteroatoms. The molecular weight excluding hydrogens is 214 g/mol. The summed E-state index contributed by atoms with van der Waals surface area (Å²) in [5, 5.41) is 16.5. The van der Waals surface area contributed by atoms with Crippen molar-refractivity contribution in [3.8, 4) is 10.6 Å². The molecule has 0 aromatic carbocycles. The highest BCUT2D eigenvalue weighted by molar-refractivity contribution is 7.14. The molecule has 14 heavy (non-hydrogen) atoms. The van der Waals surface area contributed by atoms with Gasteiger partial charge >= 0.3 is 0 Å². The van der Waals surface area contributed by atoms with Crippen LogP contribution in [0.4, 0.5) is 0 Å². The van der Waals surface area contributed by atoms with E-state index < -0.39 is 6.10 Å². The average Bonchev–Trinajstić information content (AvgIpc) is 2.71. The number of aliphatic hydroxyl groups excluding tert-OH is 1. The fraction of sp³-hybridized carbons (Fsp3) is 0.300. The van der Waals surface area contributed by atoms with Crippen LogP contribution in [0.25, 0.3) is 10.6 Å². The molecule has 1 atom stereocenters. The molecule has 2 nitrogen and oxygen atoms in total. The third-order valence-corrected chi connectivity index (χ3v) is 3.79. The normalized spacial score (nSPS) is 13.1. The number of nitrogens with zero attached hydrogens (tertiary/aromatic N) is 1. The highest BCUT2D eigenvalue weighted by atomic mass is 32.1. The largest absolute Gasteiger partial charge is 0.387 e. The topological polar surface area (TPSA) is 33.1 Å². The second-order valence-corrected chi connectivity index (χ2v) is 4.82. The molecule has 0 saturated carbocycles. The SMILES string of the molecule is Cc1cscc1-c1nc(C(C)O)cs1. The lowest BCUT2D eigenvalue weighted by Gasteiger charge is -1.96. The maximum absolute atomic E-state index is 9.35. The van der Waals surface area contributed by atoms with Gasteiger partial charge < -0.3 is 5.11 Å². The molecule has 2 aromatic rings. The van der Waals surface area contributed by atoms with Gasteiger partial charge in [0, 0.05) is 16.3 Å². The first-order valence-electron chi connectivity index (χ1n) is 4.35. The Balaban J connectivity index is 2.39. The summed E-state index contributed by atoms with van der Waals surface area (Å²) in [6.07, 6.45) is -0.473. The van der Waals surface area contributed by atoms with Gasteiger partial charge in [0.1, 0.15) is 5.01 Å². The van der Waals surface area contributed by atoms with E-state index in [2.05, 4.69) is 22.7 Å². The molecule has 0 aliphatic rings. The number of hydrogen-bond acceptors (Lipinski definition) is 4. The minimum atomic E-state index is -0.473. The molecule has 0 radical (unpaired) electrons. The van der Waals surface area contributed by atoms with E-state index in [1.165, 1.54) is 11.1 Å². The molecule has 0 saturated heterocycles. The van der Waals surface area contributed by atoms with Gasteiger partial charge in [0.15, 0.2) is 0 Å². The summed E-state index contributed by atoms with van der Waals surface area (Å²) in [6, 6.07) is 0. The Labute approximate surface area is 90.9 Å². The summed E-state index contributed by atoms with van der Waals surface area (Å²) in [5.41, 5.74) is 3.20. The van der Waals surface area contributed by atoms with E-state index in [0.29, 0.717) is 0 Å². The zero-order valence-corrected chi connectivity index (χ0v) is 9.65. The summed E-state index contributed by atoms with van der Waals surface area (Å²) in [4.78, 5) is 4.39. The van der Waals surface area contributed by atoms with Crippen LogP contribution in [-0.4, -0.2) is 10.1 Å². The van der Waals surface area contributed by atoms with E-state index in [0.717, 1.165) is 10.7 Å². The predicted molar refractivity (Wildman–Crippen MR) is 60.8 cm³/mol. The average molecular weight is 225 g/mol. The highest BCUT2D eigenvalue weighted by Gasteiger charge is 2.10. The van der Waals surface area contributed by atoms with E-state index >= 15 is 0 Å². The van der Waals surface area contributed by atoms with Crippen molar-refractivity contribution in [1.29, 1.82) is 0 Å². The lowest BCUT2D eigenvalue weighted by Crippen LogP contribution is -1.90.